The second-order valence-electron chi connectivity index (χ2n) is 3.42. The molecular formula is C13H8N2O2. The summed E-state index contributed by atoms with van der Waals surface area (Å²) in [6.07, 6.45) is 2.95. The van der Waals surface area contributed by atoms with Gasteiger partial charge in [0.25, 0.3) is 0 Å². The summed E-state index contributed by atoms with van der Waals surface area (Å²) in [6.45, 7) is 0. The Morgan fingerprint density at radius 3 is 2.53 bits per heavy atom. The van der Waals surface area contributed by atoms with Gasteiger partial charge in [0, 0.05) is 18.0 Å². The first kappa shape index (κ1) is 10.8. The average molecular weight is 224 g/mol. The summed E-state index contributed by atoms with van der Waals surface area (Å²) in [5.41, 5.74) is 2.01. The molecule has 0 aliphatic rings. The van der Waals surface area contributed by atoms with Crippen molar-refractivity contribution in [3.8, 4) is 17.2 Å². The van der Waals surface area contributed by atoms with E-state index in [9.17, 15) is 4.79 Å². The SMILES string of the molecule is N#Cc1ccc(-c2cnccc2C(=O)O)cc1. The minimum absolute atomic E-state index is 0.199. The van der Waals surface area contributed by atoms with Crippen LogP contribution < -0.4 is 0 Å². The molecule has 82 valence electrons. The van der Waals surface area contributed by atoms with Crippen LogP contribution in [0.15, 0.2) is 42.7 Å². The molecule has 2 aromatic rings. The summed E-state index contributed by atoms with van der Waals surface area (Å²) >= 11 is 0. The van der Waals surface area contributed by atoms with Crippen LogP contribution in [0.4, 0.5) is 0 Å². The van der Waals surface area contributed by atoms with Crippen molar-refractivity contribution >= 4 is 5.97 Å². The van der Waals surface area contributed by atoms with Crippen LogP contribution >= 0.6 is 0 Å². The molecular weight excluding hydrogens is 216 g/mol. The third-order valence-corrected chi connectivity index (χ3v) is 2.38. The molecule has 0 radical (unpaired) electrons. The Labute approximate surface area is 97.8 Å². The van der Waals surface area contributed by atoms with Crippen molar-refractivity contribution in [2.75, 3.05) is 0 Å². The zero-order valence-corrected chi connectivity index (χ0v) is 8.79. The summed E-state index contributed by atoms with van der Waals surface area (Å²) in [4.78, 5) is 15.0. The fourth-order valence-electron chi connectivity index (χ4n) is 1.54. The first-order valence-electron chi connectivity index (χ1n) is 4.90. The first-order chi connectivity index (χ1) is 8.22. The van der Waals surface area contributed by atoms with E-state index >= 15 is 0 Å². The zero-order valence-electron chi connectivity index (χ0n) is 8.79. The highest BCUT2D eigenvalue weighted by atomic mass is 16.4. The quantitative estimate of drug-likeness (QED) is 0.849. The Balaban J connectivity index is 2.53. The van der Waals surface area contributed by atoms with E-state index in [-0.39, 0.29) is 5.56 Å². The smallest absolute Gasteiger partial charge is 0.336 e. The van der Waals surface area contributed by atoms with Crippen molar-refractivity contribution in [3.63, 3.8) is 0 Å². The van der Waals surface area contributed by atoms with Crippen molar-refractivity contribution in [2.45, 2.75) is 0 Å². The molecule has 0 saturated heterocycles. The van der Waals surface area contributed by atoms with Gasteiger partial charge in [0.05, 0.1) is 17.2 Å². The number of hydrogen-bond acceptors (Lipinski definition) is 3. The summed E-state index contributed by atoms with van der Waals surface area (Å²) in [7, 11) is 0. The topological polar surface area (TPSA) is 74.0 Å². The molecule has 4 heteroatoms. The van der Waals surface area contributed by atoms with Gasteiger partial charge in [0.15, 0.2) is 0 Å². The van der Waals surface area contributed by atoms with Gasteiger partial charge in [0.2, 0.25) is 0 Å². The first-order valence-corrected chi connectivity index (χ1v) is 4.90. The molecule has 2 rings (SSSR count). The van der Waals surface area contributed by atoms with Crippen molar-refractivity contribution in [1.29, 1.82) is 5.26 Å². The highest BCUT2D eigenvalue weighted by molar-refractivity contribution is 5.95. The second kappa shape index (κ2) is 4.45. The number of nitriles is 1. The van der Waals surface area contributed by atoms with E-state index in [1.165, 1.54) is 18.5 Å². The highest BCUT2D eigenvalue weighted by Gasteiger charge is 2.10. The van der Waals surface area contributed by atoms with Gasteiger partial charge in [-0.05, 0) is 23.8 Å². The van der Waals surface area contributed by atoms with Gasteiger partial charge < -0.3 is 5.11 Å². The van der Waals surface area contributed by atoms with Gasteiger partial charge in [-0.3, -0.25) is 4.98 Å². The monoisotopic (exact) mass is 224 g/mol. The minimum atomic E-state index is -0.994. The maximum Gasteiger partial charge on any atom is 0.336 e. The molecule has 1 aromatic heterocycles. The number of carboxylic acids is 1. The van der Waals surface area contributed by atoms with Gasteiger partial charge >= 0.3 is 5.97 Å². The number of carboxylic acid groups (broad SMARTS) is 1. The molecule has 0 unspecified atom stereocenters. The molecule has 4 nitrogen and oxygen atoms in total. The zero-order chi connectivity index (χ0) is 12.3. The fourth-order valence-corrected chi connectivity index (χ4v) is 1.54. The predicted molar refractivity (Wildman–Crippen MR) is 61.3 cm³/mol. The van der Waals surface area contributed by atoms with Crippen LogP contribution in [0.25, 0.3) is 11.1 Å². The van der Waals surface area contributed by atoms with Crippen LogP contribution in [0.2, 0.25) is 0 Å². The molecule has 0 bridgehead atoms. The number of pyridine rings is 1. The number of hydrogen-bond donors (Lipinski definition) is 1. The lowest BCUT2D eigenvalue weighted by Crippen LogP contribution is -1.99. The molecule has 0 amide bonds. The fraction of sp³-hybridized carbons (Fsp3) is 0. The summed E-state index contributed by atoms with van der Waals surface area (Å²) in [5, 5.41) is 17.7. The third-order valence-electron chi connectivity index (χ3n) is 2.38. The van der Waals surface area contributed by atoms with Gasteiger partial charge in [-0.2, -0.15) is 5.26 Å². The molecule has 0 aliphatic carbocycles. The number of nitrogens with zero attached hydrogens (tertiary/aromatic N) is 2. The maximum atomic E-state index is 11.0. The Morgan fingerprint density at radius 1 is 1.24 bits per heavy atom. The minimum Gasteiger partial charge on any atom is -0.478 e. The van der Waals surface area contributed by atoms with Gasteiger partial charge in [-0.1, -0.05) is 12.1 Å². The van der Waals surface area contributed by atoms with E-state index in [1.807, 2.05) is 6.07 Å². The van der Waals surface area contributed by atoms with E-state index in [2.05, 4.69) is 4.98 Å². The molecule has 0 aliphatic heterocycles. The summed E-state index contributed by atoms with van der Waals surface area (Å²) in [6, 6.07) is 10.2. The third kappa shape index (κ3) is 2.13. The van der Waals surface area contributed by atoms with E-state index in [1.54, 1.807) is 24.3 Å². The molecule has 0 fully saturated rings. The maximum absolute atomic E-state index is 11.0. The van der Waals surface area contributed by atoms with E-state index in [4.69, 9.17) is 10.4 Å². The lowest BCUT2D eigenvalue weighted by molar-refractivity contribution is 0.0697. The highest BCUT2D eigenvalue weighted by Crippen LogP contribution is 2.22. The second-order valence-corrected chi connectivity index (χ2v) is 3.42. The van der Waals surface area contributed by atoms with Gasteiger partial charge in [-0.15, -0.1) is 0 Å². The predicted octanol–water partition coefficient (Wildman–Crippen LogP) is 2.32. The molecule has 0 spiro atoms. The Bertz CT molecular complexity index is 598. The number of aromatic nitrogens is 1. The summed E-state index contributed by atoms with van der Waals surface area (Å²) in [5.74, 6) is -0.994. The number of rotatable bonds is 2. The number of benzene rings is 1. The molecule has 0 atom stereocenters. The van der Waals surface area contributed by atoms with Crippen LogP contribution in [0.3, 0.4) is 0 Å². The normalized spacial score (nSPS) is 9.59. The Hall–Kier alpha value is -2.67. The van der Waals surface area contributed by atoms with E-state index < -0.39 is 5.97 Å². The van der Waals surface area contributed by atoms with Crippen LogP contribution in [0, 0.1) is 11.3 Å². The van der Waals surface area contributed by atoms with E-state index in [0.29, 0.717) is 11.1 Å². The van der Waals surface area contributed by atoms with Crippen molar-refractivity contribution < 1.29 is 9.90 Å². The Morgan fingerprint density at radius 2 is 1.94 bits per heavy atom. The standard InChI is InChI=1S/C13H8N2O2/c14-7-9-1-3-10(4-2-9)12-8-15-6-5-11(12)13(16)17/h1-6,8H,(H,16,17). The molecule has 1 aromatic carbocycles. The Kier molecular flexibility index (Phi) is 2.84. The van der Waals surface area contributed by atoms with Crippen molar-refractivity contribution in [1.82, 2.24) is 4.98 Å². The molecule has 1 N–H and O–H groups in total. The largest absolute Gasteiger partial charge is 0.478 e. The number of carbonyl (C=O) groups is 1. The van der Waals surface area contributed by atoms with Gasteiger partial charge in [-0.25, -0.2) is 4.79 Å². The van der Waals surface area contributed by atoms with E-state index in [0.717, 1.165) is 5.56 Å². The lowest BCUT2D eigenvalue weighted by Gasteiger charge is -2.04. The van der Waals surface area contributed by atoms with Crippen LogP contribution in [0.5, 0.6) is 0 Å². The van der Waals surface area contributed by atoms with Crippen molar-refractivity contribution in [3.05, 3.63) is 53.9 Å². The van der Waals surface area contributed by atoms with Crippen LogP contribution in [0.1, 0.15) is 15.9 Å². The molecule has 1 heterocycles. The lowest BCUT2D eigenvalue weighted by atomic mass is 10.0. The molecule has 17 heavy (non-hydrogen) atoms. The average Bonchev–Trinajstić information content (AvgIpc) is 2.39. The number of aromatic carboxylic acids is 1. The van der Waals surface area contributed by atoms with Crippen molar-refractivity contribution in [2.24, 2.45) is 0 Å². The van der Waals surface area contributed by atoms with Crippen LogP contribution in [-0.2, 0) is 0 Å². The van der Waals surface area contributed by atoms with Gasteiger partial charge in [0.1, 0.15) is 0 Å². The summed E-state index contributed by atoms with van der Waals surface area (Å²) < 4.78 is 0. The molecule has 0 saturated carbocycles. The van der Waals surface area contributed by atoms with Crippen LogP contribution in [-0.4, -0.2) is 16.1 Å².